The van der Waals surface area contributed by atoms with Crippen LogP contribution in [0.25, 0.3) is 0 Å². The third-order valence-electron chi connectivity index (χ3n) is 3.37. The molecular formula is C17H27NO2. The number of hydrogen-bond donors (Lipinski definition) is 0. The highest BCUT2D eigenvalue weighted by Crippen LogP contribution is 2.18. The zero-order chi connectivity index (χ0) is 15.0. The quantitative estimate of drug-likeness (QED) is 0.533. The Kier molecular flexibility index (Phi) is 7.31. The maximum atomic E-state index is 12.1. The molecule has 0 aliphatic heterocycles. The first-order chi connectivity index (χ1) is 9.56. The molecule has 0 N–H and O–H groups in total. The van der Waals surface area contributed by atoms with Crippen LogP contribution in [0.2, 0.25) is 0 Å². The van der Waals surface area contributed by atoms with Gasteiger partial charge in [0.2, 0.25) is 0 Å². The predicted octanol–water partition coefficient (Wildman–Crippen LogP) is 3.87. The minimum atomic E-state index is -0.0960. The van der Waals surface area contributed by atoms with E-state index in [-0.39, 0.29) is 11.9 Å². The minimum absolute atomic E-state index is 0.0244. The summed E-state index contributed by atoms with van der Waals surface area (Å²) in [6.45, 7) is 5.08. The Labute approximate surface area is 122 Å². The van der Waals surface area contributed by atoms with Crippen molar-refractivity contribution in [1.29, 1.82) is 0 Å². The molecule has 0 radical (unpaired) electrons. The van der Waals surface area contributed by atoms with E-state index in [1.165, 1.54) is 5.56 Å². The topological polar surface area (TPSA) is 29.5 Å². The van der Waals surface area contributed by atoms with E-state index in [4.69, 9.17) is 4.74 Å². The molecule has 0 fully saturated rings. The second-order valence-electron chi connectivity index (χ2n) is 5.55. The van der Waals surface area contributed by atoms with Gasteiger partial charge < -0.3 is 9.64 Å². The Morgan fingerprint density at radius 3 is 2.35 bits per heavy atom. The van der Waals surface area contributed by atoms with Crippen LogP contribution >= 0.6 is 0 Å². The summed E-state index contributed by atoms with van der Waals surface area (Å²) in [6, 6.07) is 7.78. The van der Waals surface area contributed by atoms with Crippen LogP contribution < -0.4 is 4.74 Å². The van der Waals surface area contributed by atoms with E-state index in [1.807, 2.05) is 45.3 Å². The van der Waals surface area contributed by atoms with Gasteiger partial charge in [-0.2, -0.15) is 0 Å². The number of nitrogens with zero attached hydrogens (tertiary/aromatic N) is 1. The molecule has 112 valence electrons. The number of unbranched alkanes of at least 4 members (excludes halogenated alkanes) is 1. The molecule has 0 amide bonds. The van der Waals surface area contributed by atoms with Crippen molar-refractivity contribution in [3.63, 3.8) is 0 Å². The third-order valence-corrected chi connectivity index (χ3v) is 3.37. The number of carbonyl (C=O) groups excluding carboxylic acids is 1. The van der Waals surface area contributed by atoms with Crippen LogP contribution in [-0.4, -0.2) is 25.0 Å². The van der Waals surface area contributed by atoms with Crippen molar-refractivity contribution in [3.05, 3.63) is 29.8 Å². The molecule has 0 saturated heterocycles. The lowest BCUT2D eigenvalue weighted by Gasteiger charge is -2.14. The van der Waals surface area contributed by atoms with Gasteiger partial charge in [-0.15, -0.1) is 0 Å². The summed E-state index contributed by atoms with van der Waals surface area (Å²) < 4.78 is 5.47. The number of ether oxygens (including phenoxy) is 1. The Morgan fingerprint density at radius 2 is 1.85 bits per heavy atom. The first kappa shape index (κ1) is 16.7. The molecule has 20 heavy (non-hydrogen) atoms. The Hall–Kier alpha value is -1.35. The molecule has 1 unspecified atom stereocenters. The maximum absolute atomic E-state index is 12.1. The number of hydrogen-bond acceptors (Lipinski definition) is 3. The van der Waals surface area contributed by atoms with Gasteiger partial charge in [-0.1, -0.05) is 38.8 Å². The summed E-state index contributed by atoms with van der Waals surface area (Å²) in [7, 11) is 4.07. The summed E-state index contributed by atoms with van der Waals surface area (Å²) in [5, 5.41) is 0. The van der Waals surface area contributed by atoms with E-state index in [1.54, 1.807) is 0 Å². The van der Waals surface area contributed by atoms with Gasteiger partial charge in [0.1, 0.15) is 5.75 Å². The summed E-state index contributed by atoms with van der Waals surface area (Å²) in [4.78, 5) is 14.2. The highest BCUT2D eigenvalue weighted by molar-refractivity contribution is 5.75. The van der Waals surface area contributed by atoms with Gasteiger partial charge in [0.05, 0.1) is 5.92 Å². The predicted molar refractivity (Wildman–Crippen MR) is 82.8 cm³/mol. The zero-order valence-electron chi connectivity index (χ0n) is 13.2. The number of benzene rings is 1. The van der Waals surface area contributed by atoms with Crippen LogP contribution in [0.4, 0.5) is 0 Å². The highest BCUT2D eigenvalue weighted by Gasteiger charge is 2.18. The summed E-state index contributed by atoms with van der Waals surface area (Å²) in [5.41, 5.74) is 1.22. The van der Waals surface area contributed by atoms with Crippen molar-refractivity contribution < 1.29 is 9.53 Å². The fourth-order valence-corrected chi connectivity index (χ4v) is 2.17. The number of esters is 1. The largest absolute Gasteiger partial charge is 0.426 e. The fourth-order valence-electron chi connectivity index (χ4n) is 2.17. The summed E-state index contributed by atoms with van der Waals surface area (Å²) >= 11 is 0. The molecule has 3 heteroatoms. The molecule has 0 aliphatic rings. The van der Waals surface area contributed by atoms with Gasteiger partial charge in [0, 0.05) is 6.54 Å². The van der Waals surface area contributed by atoms with Crippen LogP contribution in [0.1, 0.15) is 45.1 Å². The smallest absolute Gasteiger partial charge is 0.314 e. The lowest BCUT2D eigenvalue weighted by Crippen LogP contribution is -2.20. The normalized spacial score (nSPS) is 12.4. The van der Waals surface area contributed by atoms with Crippen LogP contribution in [0.15, 0.2) is 24.3 Å². The molecule has 1 atom stereocenters. The van der Waals surface area contributed by atoms with Crippen molar-refractivity contribution in [3.8, 4) is 5.75 Å². The third kappa shape index (κ3) is 5.74. The second-order valence-corrected chi connectivity index (χ2v) is 5.55. The number of rotatable bonds is 8. The Morgan fingerprint density at radius 1 is 1.20 bits per heavy atom. The molecule has 0 aromatic heterocycles. The molecule has 0 bridgehead atoms. The number of carbonyl (C=O) groups is 1. The monoisotopic (exact) mass is 277 g/mol. The van der Waals surface area contributed by atoms with Gasteiger partial charge in [-0.25, -0.2) is 0 Å². The minimum Gasteiger partial charge on any atom is -0.426 e. The van der Waals surface area contributed by atoms with Crippen molar-refractivity contribution >= 4 is 5.97 Å². The SMILES string of the molecule is CCCCC(CC)C(=O)Oc1ccc(CN(C)C)cc1. The van der Waals surface area contributed by atoms with Gasteiger partial charge in [0.15, 0.2) is 0 Å². The van der Waals surface area contributed by atoms with Gasteiger partial charge in [0.25, 0.3) is 0 Å². The average Bonchev–Trinajstić information content (AvgIpc) is 2.41. The fraction of sp³-hybridized carbons (Fsp3) is 0.588. The van der Waals surface area contributed by atoms with Crippen LogP contribution in [0.5, 0.6) is 5.75 Å². The Balaban J connectivity index is 2.56. The van der Waals surface area contributed by atoms with Gasteiger partial charge in [-0.3, -0.25) is 4.79 Å². The molecule has 3 nitrogen and oxygen atoms in total. The maximum Gasteiger partial charge on any atom is 0.314 e. The standard InChI is InChI=1S/C17H27NO2/c1-5-7-8-15(6-2)17(19)20-16-11-9-14(10-12-16)13-18(3)4/h9-12,15H,5-8,13H2,1-4H3. The van der Waals surface area contributed by atoms with Crippen molar-refractivity contribution in [2.45, 2.75) is 46.1 Å². The molecule has 1 aromatic carbocycles. The second kappa shape index (κ2) is 8.75. The molecule has 0 saturated carbocycles. The van der Waals surface area contributed by atoms with Crippen LogP contribution in [0.3, 0.4) is 0 Å². The first-order valence-electron chi connectivity index (χ1n) is 7.52. The van der Waals surface area contributed by atoms with Crippen LogP contribution in [0, 0.1) is 5.92 Å². The van der Waals surface area contributed by atoms with Crippen molar-refractivity contribution in [2.75, 3.05) is 14.1 Å². The van der Waals surface area contributed by atoms with Crippen LogP contribution in [-0.2, 0) is 11.3 Å². The van der Waals surface area contributed by atoms with E-state index in [9.17, 15) is 4.79 Å². The molecule has 1 rings (SSSR count). The summed E-state index contributed by atoms with van der Waals surface area (Å²) in [5.74, 6) is 0.574. The molecule has 0 heterocycles. The first-order valence-corrected chi connectivity index (χ1v) is 7.52. The zero-order valence-corrected chi connectivity index (χ0v) is 13.2. The lowest BCUT2D eigenvalue weighted by atomic mass is 10.00. The molecule has 1 aromatic rings. The van der Waals surface area contributed by atoms with Gasteiger partial charge >= 0.3 is 5.97 Å². The van der Waals surface area contributed by atoms with Gasteiger partial charge in [-0.05, 0) is 44.6 Å². The van der Waals surface area contributed by atoms with E-state index >= 15 is 0 Å². The molecule has 0 aliphatic carbocycles. The lowest BCUT2D eigenvalue weighted by molar-refractivity contribution is -0.139. The van der Waals surface area contributed by atoms with E-state index < -0.39 is 0 Å². The summed E-state index contributed by atoms with van der Waals surface area (Å²) in [6.07, 6.45) is 3.96. The van der Waals surface area contributed by atoms with E-state index in [2.05, 4.69) is 11.8 Å². The Bertz CT molecular complexity index is 398. The van der Waals surface area contributed by atoms with E-state index in [0.717, 1.165) is 32.2 Å². The highest BCUT2D eigenvalue weighted by atomic mass is 16.5. The van der Waals surface area contributed by atoms with E-state index in [0.29, 0.717) is 5.75 Å². The van der Waals surface area contributed by atoms with Crippen molar-refractivity contribution in [1.82, 2.24) is 4.90 Å². The molecular weight excluding hydrogens is 250 g/mol. The average molecular weight is 277 g/mol. The van der Waals surface area contributed by atoms with Crippen molar-refractivity contribution in [2.24, 2.45) is 5.92 Å². The molecule has 0 spiro atoms.